The Labute approximate surface area is 220 Å². The molecule has 0 aromatic heterocycles. The van der Waals surface area contributed by atoms with E-state index in [1.165, 1.54) is 12.1 Å². The molecule has 1 unspecified atom stereocenters. The Bertz CT molecular complexity index is 975. The minimum atomic E-state index is -0.801. The Hall–Kier alpha value is -3.01. The Balaban J connectivity index is 2.84. The zero-order valence-corrected chi connectivity index (χ0v) is 23.0. The van der Waals surface area contributed by atoms with Gasteiger partial charge in [0, 0.05) is 45.2 Å². The van der Waals surface area contributed by atoms with Gasteiger partial charge in [-0.3, -0.25) is 4.79 Å². The SMILES string of the molecule is C=C(Oc1ccc(C[C@H](N)C(=O)NC(CC)CCOC)cc1F)/C(C)=C(\N=C/C)NC/C=C(\C)COC. The minimum absolute atomic E-state index is 0.0184. The molecule has 206 valence electrons. The van der Waals surface area contributed by atoms with Crippen LogP contribution in [0.15, 0.2) is 58.6 Å². The highest BCUT2D eigenvalue weighted by Gasteiger charge is 2.19. The molecular formula is C28H43FN4O4. The summed E-state index contributed by atoms with van der Waals surface area (Å²) in [5.41, 5.74) is 8.39. The van der Waals surface area contributed by atoms with Crippen LogP contribution < -0.4 is 21.1 Å². The first-order valence-electron chi connectivity index (χ1n) is 12.4. The van der Waals surface area contributed by atoms with E-state index >= 15 is 0 Å². The topological polar surface area (TPSA) is 107 Å². The molecule has 0 aliphatic heterocycles. The largest absolute Gasteiger partial charge is 0.454 e. The Morgan fingerprint density at radius 2 is 2.00 bits per heavy atom. The number of halogens is 1. The highest BCUT2D eigenvalue weighted by atomic mass is 19.1. The smallest absolute Gasteiger partial charge is 0.237 e. The molecule has 1 aromatic rings. The summed E-state index contributed by atoms with van der Waals surface area (Å²) in [6.45, 7) is 13.1. The molecule has 2 atom stereocenters. The van der Waals surface area contributed by atoms with E-state index in [1.54, 1.807) is 40.3 Å². The molecule has 1 aromatic carbocycles. The van der Waals surface area contributed by atoms with Crippen molar-refractivity contribution in [2.75, 3.05) is 34.0 Å². The monoisotopic (exact) mass is 518 g/mol. The molecule has 1 rings (SSSR count). The van der Waals surface area contributed by atoms with E-state index in [9.17, 15) is 9.18 Å². The quantitative estimate of drug-likeness (QED) is 0.124. The van der Waals surface area contributed by atoms with Crippen molar-refractivity contribution in [2.45, 2.75) is 59.0 Å². The van der Waals surface area contributed by atoms with Crippen LogP contribution in [-0.4, -0.2) is 58.2 Å². The van der Waals surface area contributed by atoms with Crippen molar-refractivity contribution in [3.05, 3.63) is 65.0 Å². The van der Waals surface area contributed by atoms with Crippen molar-refractivity contribution in [3.8, 4) is 5.75 Å². The van der Waals surface area contributed by atoms with Gasteiger partial charge in [0.1, 0.15) is 11.6 Å². The van der Waals surface area contributed by atoms with Crippen LogP contribution >= 0.6 is 0 Å². The minimum Gasteiger partial charge on any atom is -0.454 e. The lowest BCUT2D eigenvalue weighted by Crippen LogP contribution is -2.46. The number of amides is 1. The molecular weight excluding hydrogens is 475 g/mol. The average Bonchev–Trinajstić information content (AvgIpc) is 2.87. The predicted octanol–water partition coefficient (Wildman–Crippen LogP) is 4.02. The van der Waals surface area contributed by atoms with Crippen molar-refractivity contribution in [3.63, 3.8) is 0 Å². The van der Waals surface area contributed by atoms with Gasteiger partial charge in [-0.1, -0.05) is 31.2 Å². The normalized spacial score (nSPS) is 14.2. The van der Waals surface area contributed by atoms with Gasteiger partial charge in [-0.2, -0.15) is 0 Å². The number of nitrogens with two attached hydrogens (primary N) is 1. The van der Waals surface area contributed by atoms with E-state index < -0.39 is 11.9 Å². The van der Waals surface area contributed by atoms with Gasteiger partial charge >= 0.3 is 0 Å². The maximum absolute atomic E-state index is 14.8. The van der Waals surface area contributed by atoms with E-state index in [0.29, 0.717) is 43.1 Å². The summed E-state index contributed by atoms with van der Waals surface area (Å²) < 4.78 is 30.7. The molecule has 0 heterocycles. The van der Waals surface area contributed by atoms with Crippen LogP contribution in [-0.2, 0) is 20.7 Å². The number of methoxy groups -OCH3 is 2. The molecule has 8 nitrogen and oxygen atoms in total. The molecule has 37 heavy (non-hydrogen) atoms. The van der Waals surface area contributed by atoms with Crippen molar-refractivity contribution < 1.29 is 23.4 Å². The number of hydrogen-bond acceptors (Lipinski definition) is 7. The molecule has 4 N–H and O–H groups in total. The Morgan fingerprint density at radius 3 is 2.59 bits per heavy atom. The lowest BCUT2D eigenvalue weighted by Gasteiger charge is -2.20. The van der Waals surface area contributed by atoms with Crippen LogP contribution in [0.1, 0.15) is 46.1 Å². The van der Waals surface area contributed by atoms with Crippen molar-refractivity contribution in [1.82, 2.24) is 10.6 Å². The lowest BCUT2D eigenvalue weighted by molar-refractivity contribution is -0.123. The third-order valence-corrected chi connectivity index (χ3v) is 5.66. The second kappa shape index (κ2) is 17.4. The maximum Gasteiger partial charge on any atom is 0.237 e. The zero-order chi connectivity index (χ0) is 27.8. The van der Waals surface area contributed by atoms with E-state index in [2.05, 4.69) is 22.2 Å². The summed E-state index contributed by atoms with van der Waals surface area (Å²) in [5.74, 6) is 0.000147. The molecule has 9 heteroatoms. The van der Waals surface area contributed by atoms with Gasteiger partial charge in [-0.05, 0) is 57.7 Å². The number of hydrogen-bond donors (Lipinski definition) is 3. The number of benzene rings is 1. The van der Waals surface area contributed by atoms with Gasteiger partial charge in [-0.15, -0.1) is 0 Å². The summed E-state index contributed by atoms with van der Waals surface area (Å²) in [4.78, 5) is 16.8. The molecule has 0 saturated carbocycles. The summed E-state index contributed by atoms with van der Waals surface area (Å²) in [7, 11) is 3.27. The molecule has 0 saturated heterocycles. The second-order valence-electron chi connectivity index (χ2n) is 8.72. The number of ether oxygens (including phenoxy) is 3. The molecule has 0 spiro atoms. The highest BCUT2D eigenvalue weighted by molar-refractivity contribution is 5.82. The van der Waals surface area contributed by atoms with Crippen molar-refractivity contribution >= 4 is 12.1 Å². The van der Waals surface area contributed by atoms with E-state index in [0.717, 1.165) is 12.0 Å². The van der Waals surface area contributed by atoms with Crippen LogP contribution in [0.4, 0.5) is 4.39 Å². The molecule has 0 bridgehead atoms. The summed E-state index contributed by atoms with van der Waals surface area (Å²) in [6.07, 6.45) is 5.32. The standard InChI is InChI=1S/C28H43FN4O4/c1-8-23(13-15-35-6)33-28(34)25(30)17-22-10-11-26(24(29)16-22)37-21(5)20(4)27(31-9-2)32-14-12-19(3)18-36-7/h9-12,16,23,25,32H,5,8,13-15,17-18,30H2,1-4,6-7H3,(H,33,34)/b19-12+,27-20+,31-9-/t23?,25-/m0/s1. The molecule has 0 aliphatic rings. The fraction of sp³-hybridized carbons (Fsp3) is 0.500. The van der Waals surface area contributed by atoms with Gasteiger partial charge < -0.3 is 30.6 Å². The third kappa shape index (κ3) is 11.7. The van der Waals surface area contributed by atoms with Crippen LogP contribution in [0.25, 0.3) is 0 Å². The predicted molar refractivity (Wildman–Crippen MR) is 147 cm³/mol. The molecule has 0 radical (unpaired) electrons. The Morgan fingerprint density at radius 1 is 1.27 bits per heavy atom. The first-order chi connectivity index (χ1) is 17.7. The van der Waals surface area contributed by atoms with Crippen molar-refractivity contribution in [1.29, 1.82) is 0 Å². The zero-order valence-electron chi connectivity index (χ0n) is 23.0. The van der Waals surface area contributed by atoms with E-state index in [4.69, 9.17) is 19.9 Å². The van der Waals surface area contributed by atoms with Gasteiger partial charge in [0.25, 0.3) is 0 Å². The van der Waals surface area contributed by atoms with Crippen LogP contribution in [0.3, 0.4) is 0 Å². The third-order valence-electron chi connectivity index (χ3n) is 5.66. The summed E-state index contributed by atoms with van der Waals surface area (Å²) in [5, 5.41) is 6.15. The first kappa shape index (κ1) is 32.0. The van der Waals surface area contributed by atoms with Gasteiger partial charge in [0.15, 0.2) is 11.6 Å². The highest BCUT2D eigenvalue weighted by Crippen LogP contribution is 2.24. The number of rotatable bonds is 17. The van der Waals surface area contributed by atoms with Crippen LogP contribution in [0, 0.1) is 5.82 Å². The summed E-state index contributed by atoms with van der Waals surface area (Å²) in [6, 6.07) is 3.70. The maximum atomic E-state index is 14.8. The summed E-state index contributed by atoms with van der Waals surface area (Å²) >= 11 is 0. The number of nitrogens with zero attached hydrogens (tertiary/aromatic N) is 1. The van der Waals surface area contributed by atoms with Gasteiger partial charge in [0.05, 0.1) is 12.6 Å². The fourth-order valence-corrected chi connectivity index (χ4v) is 3.40. The molecule has 1 amide bonds. The van der Waals surface area contributed by atoms with Crippen LogP contribution in [0.2, 0.25) is 0 Å². The van der Waals surface area contributed by atoms with Gasteiger partial charge in [-0.25, -0.2) is 9.38 Å². The number of allylic oxidation sites excluding steroid dienone is 1. The second-order valence-corrected chi connectivity index (χ2v) is 8.72. The fourth-order valence-electron chi connectivity index (χ4n) is 3.40. The number of nitrogens with one attached hydrogen (secondary N) is 2. The number of carbonyl (C=O) groups is 1. The number of carbonyl (C=O) groups excluding carboxylic acids is 1. The first-order valence-corrected chi connectivity index (χ1v) is 12.4. The van der Waals surface area contributed by atoms with Crippen LogP contribution in [0.5, 0.6) is 5.75 Å². The van der Waals surface area contributed by atoms with E-state index in [1.807, 2.05) is 19.9 Å². The molecule has 0 aliphatic carbocycles. The lowest BCUT2D eigenvalue weighted by atomic mass is 10.0. The number of aliphatic imine (C=N–C) groups is 1. The molecule has 0 fully saturated rings. The average molecular weight is 519 g/mol. The van der Waals surface area contributed by atoms with Gasteiger partial charge in [0.2, 0.25) is 5.91 Å². The van der Waals surface area contributed by atoms with Crippen molar-refractivity contribution in [2.24, 2.45) is 10.7 Å². The Kier molecular flexibility index (Phi) is 15.1. The van der Waals surface area contributed by atoms with E-state index in [-0.39, 0.29) is 29.9 Å².